The number of carbonyl (C=O) groups excluding carboxylic acids is 1. The van der Waals surface area contributed by atoms with Crippen molar-refractivity contribution in [3.8, 4) is 22.6 Å². The van der Waals surface area contributed by atoms with Crippen LogP contribution in [0.1, 0.15) is 19.4 Å². The number of nitrogens with zero attached hydrogens (tertiary/aromatic N) is 4. The van der Waals surface area contributed by atoms with Crippen LogP contribution in [-0.2, 0) is 4.79 Å². The molecule has 0 saturated heterocycles. The fourth-order valence-corrected chi connectivity index (χ4v) is 4.33. The predicted molar refractivity (Wildman–Crippen MR) is 154 cm³/mol. The molecule has 5 rings (SSSR count). The minimum Gasteiger partial charge on any atom is -0.337 e. The second kappa shape index (κ2) is 10.4. The molecule has 0 aliphatic rings. The van der Waals surface area contributed by atoms with Crippen molar-refractivity contribution in [3.05, 3.63) is 83.7 Å². The van der Waals surface area contributed by atoms with Gasteiger partial charge in [0.15, 0.2) is 11.5 Å². The average molecular weight is 524 g/mol. The van der Waals surface area contributed by atoms with Crippen LogP contribution in [0.25, 0.3) is 50.3 Å². The molecular weight excluding hydrogens is 498 g/mol. The smallest absolute Gasteiger partial charge is 0.226 e. The molecule has 3 N–H and O–H groups in total. The van der Waals surface area contributed by atoms with Crippen LogP contribution >= 0.6 is 11.6 Å². The molecule has 5 aromatic rings. The monoisotopic (exact) mass is 523 g/mol. The van der Waals surface area contributed by atoms with Crippen molar-refractivity contribution >= 4 is 51.4 Å². The topological polar surface area (TPSA) is 112 Å². The van der Waals surface area contributed by atoms with Crippen LogP contribution in [-0.4, -0.2) is 44.3 Å². The molecule has 0 bridgehead atoms. The highest BCUT2D eigenvalue weighted by Crippen LogP contribution is 2.32. The third kappa shape index (κ3) is 4.99. The van der Waals surface area contributed by atoms with E-state index in [1.165, 1.54) is 0 Å². The molecule has 0 unspecified atom stereocenters. The zero-order chi connectivity index (χ0) is 26.8. The van der Waals surface area contributed by atoms with Crippen molar-refractivity contribution in [1.29, 1.82) is 0 Å². The number of H-pyrrole nitrogens is 2. The number of amides is 1. The third-order valence-corrected chi connectivity index (χ3v) is 6.26. The molecule has 3 aromatic heterocycles. The minimum absolute atomic E-state index is 0.105. The third-order valence-electron chi connectivity index (χ3n) is 6.03. The summed E-state index contributed by atoms with van der Waals surface area (Å²) in [5.74, 6) is 0.355. The fourth-order valence-electron chi connectivity index (χ4n) is 4.14. The van der Waals surface area contributed by atoms with Crippen LogP contribution in [0.5, 0.6) is 0 Å². The Morgan fingerprint density at radius 2 is 2.00 bits per heavy atom. The molecule has 0 fully saturated rings. The van der Waals surface area contributed by atoms with E-state index in [1.807, 2.05) is 62.4 Å². The van der Waals surface area contributed by atoms with E-state index in [4.69, 9.17) is 16.6 Å². The Morgan fingerprint density at radius 3 is 2.76 bits per heavy atom. The van der Waals surface area contributed by atoms with Gasteiger partial charge in [0.25, 0.3) is 0 Å². The van der Waals surface area contributed by atoms with E-state index in [-0.39, 0.29) is 11.8 Å². The maximum Gasteiger partial charge on any atom is 0.226 e. The first kappa shape index (κ1) is 25.1. The number of fused-ring (bicyclic) bond motifs is 2. The van der Waals surface area contributed by atoms with Gasteiger partial charge in [0.1, 0.15) is 5.69 Å². The van der Waals surface area contributed by atoms with E-state index in [0.29, 0.717) is 27.9 Å². The largest absolute Gasteiger partial charge is 0.337 e. The molecule has 0 atom stereocenters. The number of aliphatic imine (C=N–C) groups is 1. The van der Waals surface area contributed by atoms with Crippen LogP contribution in [0, 0.1) is 5.92 Å². The van der Waals surface area contributed by atoms with E-state index in [0.717, 1.165) is 38.7 Å². The lowest BCUT2D eigenvalue weighted by atomic mass is 10.0. The molecule has 9 heteroatoms. The molecule has 38 heavy (non-hydrogen) atoms. The van der Waals surface area contributed by atoms with Crippen LogP contribution in [0.4, 0.5) is 0 Å². The van der Waals surface area contributed by atoms with Crippen LogP contribution in [0.3, 0.4) is 0 Å². The summed E-state index contributed by atoms with van der Waals surface area (Å²) in [5.41, 5.74) is 6.93. The highest BCUT2D eigenvalue weighted by atomic mass is 35.5. The second-order valence-electron chi connectivity index (χ2n) is 9.15. The van der Waals surface area contributed by atoms with Gasteiger partial charge in [-0.1, -0.05) is 56.3 Å². The van der Waals surface area contributed by atoms with Gasteiger partial charge < -0.3 is 10.3 Å². The predicted octanol–water partition coefficient (Wildman–Crippen LogP) is 6.19. The number of imidazole rings is 1. The molecule has 2 aromatic carbocycles. The van der Waals surface area contributed by atoms with E-state index in [9.17, 15) is 4.79 Å². The summed E-state index contributed by atoms with van der Waals surface area (Å²) in [6, 6.07) is 15.7. The molecule has 190 valence electrons. The first-order chi connectivity index (χ1) is 18.3. The van der Waals surface area contributed by atoms with E-state index in [1.54, 1.807) is 25.5 Å². The number of rotatable bonds is 7. The lowest BCUT2D eigenvalue weighted by molar-refractivity contribution is -0.123. The highest BCUT2D eigenvalue weighted by Gasteiger charge is 2.17. The fraction of sp³-hybridized carbons (Fsp3) is 0.138. The molecule has 0 radical (unpaired) electrons. The van der Waals surface area contributed by atoms with Crippen molar-refractivity contribution in [2.75, 3.05) is 7.05 Å². The SMILES string of the molecule is C=C(/C=C(\C=N/C)c1cnc2[nH]nc(-c3nc4c(-c5cccc(Cl)c5)cccc4[nH]3)c2c1)NC(=O)C(C)C. The Balaban J connectivity index is 1.57. The Hall–Kier alpha value is -4.56. The number of hydrogen-bond donors (Lipinski definition) is 3. The number of halogens is 1. The van der Waals surface area contributed by atoms with E-state index < -0.39 is 0 Å². The summed E-state index contributed by atoms with van der Waals surface area (Å²) in [6.45, 7) is 7.63. The quantitative estimate of drug-likeness (QED) is 0.174. The second-order valence-corrected chi connectivity index (χ2v) is 9.58. The van der Waals surface area contributed by atoms with Gasteiger partial charge in [-0.25, -0.2) is 9.97 Å². The van der Waals surface area contributed by atoms with Gasteiger partial charge in [-0.2, -0.15) is 5.10 Å². The van der Waals surface area contributed by atoms with Crippen molar-refractivity contribution in [1.82, 2.24) is 30.5 Å². The normalized spacial score (nSPS) is 12.2. The molecule has 8 nitrogen and oxygen atoms in total. The van der Waals surface area contributed by atoms with Crippen LogP contribution in [0.2, 0.25) is 5.02 Å². The van der Waals surface area contributed by atoms with Gasteiger partial charge in [0, 0.05) is 52.8 Å². The highest BCUT2D eigenvalue weighted by molar-refractivity contribution is 6.30. The number of benzene rings is 2. The van der Waals surface area contributed by atoms with Crippen LogP contribution in [0.15, 0.2) is 78.1 Å². The van der Waals surface area contributed by atoms with Gasteiger partial charge in [-0.3, -0.25) is 14.9 Å². The van der Waals surface area contributed by atoms with Crippen molar-refractivity contribution in [3.63, 3.8) is 0 Å². The number of hydrogen-bond acceptors (Lipinski definition) is 5. The van der Waals surface area contributed by atoms with Gasteiger partial charge in [0.05, 0.1) is 16.4 Å². The first-order valence-corrected chi connectivity index (χ1v) is 12.4. The van der Waals surface area contributed by atoms with E-state index in [2.05, 4.69) is 37.1 Å². The molecular formula is C29H26ClN7O. The molecule has 0 saturated carbocycles. The van der Waals surface area contributed by atoms with Gasteiger partial charge in [-0.15, -0.1) is 0 Å². The van der Waals surface area contributed by atoms with E-state index >= 15 is 0 Å². The zero-order valence-corrected chi connectivity index (χ0v) is 22.0. The summed E-state index contributed by atoms with van der Waals surface area (Å²) >= 11 is 6.24. The van der Waals surface area contributed by atoms with Crippen molar-refractivity contribution in [2.45, 2.75) is 13.8 Å². The zero-order valence-electron chi connectivity index (χ0n) is 21.2. The lowest BCUT2D eigenvalue weighted by Crippen LogP contribution is -2.26. The molecule has 0 aliphatic carbocycles. The Bertz CT molecular complexity index is 1740. The number of aromatic nitrogens is 5. The Kier molecular flexibility index (Phi) is 6.89. The Morgan fingerprint density at radius 1 is 1.18 bits per heavy atom. The first-order valence-electron chi connectivity index (χ1n) is 12.1. The molecule has 0 aliphatic heterocycles. The molecule has 1 amide bonds. The number of allylic oxidation sites excluding steroid dienone is 2. The number of pyridine rings is 1. The van der Waals surface area contributed by atoms with Crippen LogP contribution < -0.4 is 5.32 Å². The summed E-state index contributed by atoms with van der Waals surface area (Å²) in [6.07, 6.45) is 5.20. The maximum atomic E-state index is 12.1. The van der Waals surface area contributed by atoms with Gasteiger partial charge >= 0.3 is 0 Å². The van der Waals surface area contributed by atoms with Gasteiger partial charge in [-0.05, 0) is 35.9 Å². The Labute approximate surface area is 224 Å². The number of aromatic amines is 2. The van der Waals surface area contributed by atoms with Gasteiger partial charge in [0.2, 0.25) is 5.91 Å². The summed E-state index contributed by atoms with van der Waals surface area (Å²) in [5, 5.41) is 11.8. The lowest BCUT2D eigenvalue weighted by Gasteiger charge is -2.09. The molecule has 0 spiro atoms. The standard InChI is InChI=1S/C29H26ClN7O/c1-16(2)29(38)33-17(3)11-19(14-31-4)20-13-23-26(36-37-27(23)32-15-20)28-34-24-10-6-9-22(25(24)35-28)18-7-5-8-21(30)12-18/h5-16H,3H2,1-2,4H3,(H,33,38)(H,34,35)(H,32,36,37)/b19-11+,31-14-. The number of carbonyl (C=O) groups is 1. The molecule has 3 heterocycles. The number of para-hydroxylation sites is 1. The summed E-state index contributed by atoms with van der Waals surface area (Å²) in [4.78, 5) is 29.1. The maximum absolute atomic E-state index is 12.1. The average Bonchev–Trinajstić information content (AvgIpc) is 3.51. The summed E-state index contributed by atoms with van der Waals surface area (Å²) in [7, 11) is 1.68. The summed E-state index contributed by atoms with van der Waals surface area (Å²) < 4.78 is 0. The number of nitrogens with one attached hydrogen (secondary N) is 3. The van der Waals surface area contributed by atoms with Crippen molar-refractivity contribution in [2.24, 2.45) is 10.9 Å². The minimum atomic E-state index is -0.154. The van der Waals surface area contributed by atoms with Crippen molar-refractivity contribution < 1.29 is 4.79 Å².